The van der Waals surface area contributed by atoms with Crippen molar-refractivity contribution in [3.8, 4) is 5.75 Å². The summed E-state index contributed by atoms with van der Waals surface area (Å²) in [6.07, 6.45) is -0.317. The fourth-order valence-electron chi connectivity index (χ4n) is 1.92. The standard InChI is InChI=1S/C15H13BrCl2O2/c1-20-11-3-4-13(16)9(6-11)7-15(19)12-8-10(17)2-5-14(12)18/h2-6,8,15,19H,7H2,1H3. The van der Waals surface area contributed by atoms with Crippen LogP contribution >= 0.6 is 39.1 Å². The SMILES string of the molecule is COc1ccc(Br)c(CC(O)c2cc(Cl)ccc2Cl)c1. The first-order valence-corrected chi connectivity index (χ1v) is 7.51. The van der Waals surface area contributed by atoms with E-state index in [0.717, 1.165) is 15.8 Å². The van der Waals surface area contributed by atoms with Gasteiger partial charge in [-0.2, -0.15) is 0 Å². The van der Waals surface area contributed by atoms with Crippen molar-refractivity contribution >= 4 is 39.1 Å². The predicted molar refractivity (Wildman–Crippen MR) is 85.8 cm³/mol. The zero-order valence-corrected chi connectivity index (χ0v) is 13.8. The van der Waals surface area contributed by atoms with Gasteiger partial charge >= 0.3 is 0 Å². The van der Waals surface area contributed by atoms with Crippen LogP contribution in [0, 0.1) is 0 Å². The Morgan fingerprint density at radius 2 is 1.95 bits per heavy atom. The molecule has 20 heavy (non-hydrogen) atoms. The van der Waals surface area contributed by atoms with Crippen molar-refractivity contribution in [2.24, 2.45) is 0 Å². The van der Waals surface area contributed by atoms with Gasteiger partial charge < -0.3 is 9.84 Å². The summed E-state index contributed by atoms with van der Waals surface area (Å²) in [7, 11) is 1.61. The van der Waals surface area contributed by atoms with E-state index in [1.807, 2.05) is 18.2 Å². The maximum absolute atomic E-state index is 10.4. The van der Waals surface area contributed by atoms with Crippen LogP contribution in [-0.4, -0.2) is 12.2 Å². The van der Waals surface area contributed by atoms with Crippen molar-refractivity contribution in [1.82, 2.24) is 0 Å². The number of halogens is 3. The van der Waals surface area contributed by atoms with E-state index in [0.29, 0.717) is 22.0 Å². The molecule has 0 saturated heterocycles. The van der Waals surface area contributed by atoms with E-state index < -0.39 is 6.10 Å². The molecule has 2 nitrogen and oxygen atoms in total. The van der Waals surface area contributed by atoms with Crippen molar-refractivity contribution in [2.75, 3.05) is 7.11 Å². The molecule has 0 aromatic heterocycles. The van der Waals surface area contributed by atoms with Gasteiger partial charge in [0.25, 0.3) is 0 Å². The van der Waals surface area contributed by atoms with Crippen LogP contribution in [0.1, 0.15) is 17.2 Å². The fraction of sp³-hybridized carbons (Fsp3) is 0.200. The second kappa shape index (κ2) is 6.81. The van der Waals surface area contributed by atoms with Crippen LogP contribution in [0.4, 0.5) is 0 Å². The van der Waals surface area contributed by atoms with Gasteiger partial charge in [-0.05, 0) is 42.0 Å². The molecule has 5 heteroatoms. The van der Waals surface area contributed by atoms with Gasteiger partial charge in [-0.1, -0.05) is 39.1 Å². The van der Waals surface area contributed by atoms with Gasteiger partial charge in [-0.3, -0.25) is 0 Å². The molecule has 0 heterocycles. The number of aliphatic hydroxyl groups is 1. The first-order valence-electron chi connectivity index (χ1n) is 5.96. The van der Waals surface area contributed by atoms with Crippen LogP contribution in [0.25, 0.3) is 0 Å². The van der Waals surface area contributed by atoms with E-state index in [2.05, 4.69) is 15.9 Å². The van der Waals surface area contributed by atoms with Crippen molar-refractivity contribution in [1.29, 1.82) is 0 Å². The van der Waals surface area contributed by atoms with E-state index in [9.17, 15) is 5.11 Å². The molecule has 0 bridgehead atoms. The lowest BCUT2D eigenvalue weighted by molar-refractivity contribution is 0.178. The summed E-state index contributed by atoms with van der Waals surface area (Å²) in [6, 6.07) is 10.7. The highest BCUT2D eigenvalue weighted by molar-refractivity contribution is 9.10. The third-order valence-electron chi connectivity index (χ3n) is 2.98. The maximum Gasteiger partial charge on any atom is 0.119 e. The number of methoxy groups -OCH3 is 1. The van der Waals surface area contributed by atoms with Crippen molar-refractivity contribution < 1.29 is 9.84 Å². The smallest absolute Gasteiger partial charge is 0.119 e. The Bertz CT molecular complexity index is 617. The van der Waals surface area contributed by atoms with Gasteiger partial charge in [0.05, 0.1) is 13.2 Å². The number of ether oxygens (including phenoxy) is 1. The van der Waals surface area contributed by atoms with Crippen molar-refractivity contribution in [3.05, 3.63) is 62.0 Å². The maximum atomic E-state index is 10.4. The summed E-state index contributed by atoms with van der Waals surface area (Å²) in [4.78, 5) is 0. The Morgan fingerprint density at radius 1 is 1.20 bits per heavy atom. The van der Waals surface area contributed by atoms with Crippen LogP contribution in [0.15, 0.2) is 40.9 Å². The highest BCUT2D eigenvalue weighted by atomic mass is 79.9. The van der Waals surface area contributed by atoms with Crippen LogP contribution in [0.5, 0.6) is 5.75 Å². The molecule has 0 aliphatic rings. The molecule has 0 amide bonds. The zero-order valence-electron chi connectivity index (χ0n) is 10.7. The minimum Gasteiger partial charge on any atom is -0.497 e. The van der Waals surface area contributed by atoms with Crippen LogP contribution in [0.2, 0.25) is 10.0 Å². The van der Waals surface area contributed by atoms with E-state index >= 15 is 0 Å². The van der Waals surface area contributed by atoms with E-state index in [-0.39, 0.29) is 0 Å². The second-order valence-corrected chi connectivity index (χ2v) is 6.04. The van der Waals surface area contributed by atoms with Gasteiger partial charge in [-0.15, -0.1) is 0 Å². The van der Waals surface area contributed by atoms with E-state index in [4.69, 9.17) is 27.9 Å². The van der Waals surface area contributed by atoms with Gasteiger partial charge in [0, 0.05) is 26.5 Å². The molecule has 0 spiro atoms. The number of hydrogen-bond donors (Lipinski definition) is 1. The minimum absolute atomic E-state index is 0.415. The molecule has 2 aromatic carbocycles. The summed E-state index contributed by atoms with van der Waals surface area (Å²) >= 11 is 15.5. The number of hydrogen-bond acceptors (Lipinski definition) is 2. The predicted octanol–water partition coefficient (Wildman–Crippen LogP) is 5.04. The zero-order chi connectivity index (χ0) is 14.7. The molecule has 0 aliphatic carbocycles. The molecule has 2 aromatic rings. The molecule has 0 radical (unpaired) electrons. The largest absolute Gasteiger partial charge is 0.497 e. The van der Waals surface area contributed by atoms with Crippen molar-refractivity contribution in [3.63, 3.8) is 0 Å². The highest BCUT2D eigenvalue weighted by Crippen LogP contribution is 2.31. The number of rotatable bonds is 4. The van der Waals surface area contributed by atoms with Gasteiger partial charge in [0.2, 0.25) is 0 Å². The van der Waals surface area contributed by atoms with E-state index in [1.54, 1.807) is 25.3 Å². The Morgan fingerprint density at radius 3 is 2.65 bits per heavy atom. The molecule has 1 atom stereocenters. The Kier molecular flexibility index (Phi) is 5.33. The third kappa shape index (κ3) is 3.67. The van der Waals surface area contributed by atoms with Gasteiger partial charge in [0.1, 0.15) is 5.75 Å². The fourth-order valence-corrected chi connectivity index (χ4v) is 2.76. The molecule has 106 valence electrons. The molecular weight excluding hydrogens is 363 g/mol. The molecule has 0 aliphatic heterocycles. The lowest BCUT2D eigenvalue weighted by Gasteiger charge is -2.15. The monoisotopic (exact) mass is 374 g/mol. The first-order chi connectivity index (χ1) is 9.51. The summed E-state index contributed by atoms with van der Waals surface area (Å²) in [5.41, 5.74) is 1.56. The summed E-state index contributed by atoms with van der Waals surface area (Å²) in [6.45, 7) is 0. The van der Waals surface area contributed by atoms with Crippen LogP contribution in [0.3, 0.4) is 0 Å². The highest BCUT2D eigenvalue weighted by Gasteiger charge is 2.15. The summed E-state index contributed by atoms with van der Waals surface area (Å²) < 4.78 is 6.10. The molecular formula is C15H13BrCl2O2. The average Bonchev–Trinajstić information content (AvgIpc) is 2.43. The minimum atomic E-state index is -0.732. The Balaban J connectivity index is 2.27. The van der Waals surface area contributed by atoms with Crippen LogP contribution in [-0.2, 0) is 6.42 Å². The molecule has 0 saturated carbocycles. The summed E-state index contributed by atoms with van der Waals surface area (Å²) in [5.74, 6) is 0.743. The normalized spacial score (nSPS) is 12.2. The number of aliphatic hydroxyl groups excluding tert-OH is 1. The molecule has 1 unspecified atom stereocenters. The quantitative estimate of drug-likeness (QED) is 0.810. The van der Waals surface area contributed by atoms with Crippen molar-refractivity contribution in [2.45, 2.75) is 12.5 Å². The van der Waals surface area contributed by atoms with Gasteiger partial charge in [0.15, 0.2) is 0 Å². The lowest BCUT2D eigenvalue weighted by atomic mass is 10.0. The number of benzene rings is 2. The summed E-state index contributed by atoms with van der Waals surface area (Å²) in [5, 5.41) is 11.4. The molecule has 0 fully saturated rings. The van der Waals surface area contributed by atoms with Crippen LogP contribution < -0.4 is 4.74 Å². The lowest BCUT2D eigenvalue weighted by Crippen LogP contribution is -2.03. The van der Waals surface area contributed by atoms with Gasteiger partial charge in [-0.25, -0.2) is 0 Å². The van der Waals surface area contributed by atoms with E-state index in [1.165, 1.54) is 0 Å². The Hall–Kier alpha value is -0.740. The first kappa shape index (κ1) is 15.6. The molecule has 2 rings (SSSR count). The average molecular weight is 376 g/mol. The molecule has 1 N–H and O–H groups in total. The second-order valence-electron chi connectivity index (χ2n) is 4.34. The Labute approximate surface area is 136 Å². The topological polar surface area (TPSA) is 29.5 Å². The third-order valence-corrected chi connectivity index (χ3v) is 4.34.